The first kappa shape index (κ1) is 16.0. The van der Waals surface area contributed by atoms with Gasteiger partial charge in [0.2, 0.25) is 0 Å². The fraction of sp³-hybridized carbons (Fsp3) is 0.278. The van der Waals surface area contributed by atoms with Gasteiger partial charge in [-0.25, -0.2) is 0 Å². The van der Waals surface area contributed by atoms with Gasteiger partial charge in [0.25, 0.3) is 5.91 Å². The molecule has 0 aliphatic carbocycles. The summed E-state index contributed by atoms with van der Waals surface area (Å²) in [5.74, 6) is -0.200. The van der Waals surface area contributed by atoms with Crippen LogP contribution in [0.3, 0.4) is 0 Å². The Kier molecular flexibility index (Phi) is 5.17. The average molecular weight is 298 g/mol. The molecule has 0 aliphatic heterocycles. The predicted molar refractivity (Wildman–Crippen MR) is 89.7 cm³/mol. The predicted octanol–water partition coefficient (Wildman–Crippen LogP) is 3.16. The fourth-order valence-corrected chi connectivity index (χ4v) is 2.16. The number of hydrogen-bond acceptors (Lipinski definition) is 3. The number of rotatable bonds is 5. The van der Waals surface area contributed by atoms with E-state index in [0.717, 1.165) is 16.9 Å². The van der Waals surface area contributed by atoms with Crippen LogP contribution in [0, 0.1) is 13.8 Å². The molecule has 0 unspecified atom stereocenters. The number of aliphatic hydroxyl groups excluding tert-OH is 1. The Morgan fingerprint density at radius 1 is 1.09 bits per heavy atom. The second kappa shape index (κ2) is 7.09. The Morgan fingerprint density at radius 2 is 1.77 bits per heavy atom. The van der Waals surface area contributed by atoms with Crippen LogP contribution in [0.1, 0.15) is 28.4 Å². The molecule has 0 saturated carbocycles. The quantitative estimate of drug-likeness (QED) is 0.794. The highest BCUT2D eigenvalue weighted by Gasteiger charge is 2.12. The number of benzene rings is 2. The number of aliphatic hydroxyl groups is 1. The normalized spacial score (nSPS) is 11.8. The molecule has 3 N–H and O–H groups in total. The molecule has 0 radical (unpaired) electrons. The Balaban J connectivity index is 2.25. The largest absolute Gasteiger partial charge is 0.392 e. The minimum absolute atomic E-state index is 0.200. The molecule has 0 bridgehead atoms. The number of amides is 1. The van der Waals surface area contributed by atoms with Gasteiger partial charge in [-0.15, -0.1) is 0 Å². The lowest BCUT2D eigenvalue weighted by molar-refractivity contribution is 0.0925. The second-order valence-electron chi connectivity index (χ2n) is 5.48. The van der Waals surface area contributed by atoms with Crippen LogP contribution >= 0.6 is 0 Å². The third kappa shape index (κ3) is 3.86. The summed E-state index contributed by atoms with van der Waals surface area (Å²) in [6.07, 6.45) is -0.567. The average Bonchev–Trinajstić information content (AvgIpc) is 2.50. The highest BCUT2D eigenvalue weighted by Crippen LogP contribution is 2.25. The van der Waals surface area contributed by atoms with Crippen molar-refractivity contribution in [1.82, 2.24) is 5.32 Å². The highest BCUT2D eigenvalue weighted by atomic mass is 16.3. The van der Waals surface area contributed by atoms with E-state index >= 15 is 0 Å². The molecular formula is C18H22N2O2. The number of carbonyl (C=O) groups is 1. The number of nitrogens with one attached hydrogen (secondary N) is 2. The van der Waals surface area contributed by atoms with Gasteiger partial charge in [-0.1, -0.05) is 24.3 Å². The number of carbonyl (C=O) groups excluding carboxylic acids is 1. The lowest BCUT2D eigenvalue weighted by Crippen LogP contribution is -2.30. The number of hydrogen-bond donors (Lipinski definition) is 3. The first-order valence-corrected chi connectivity index (χ1v) is 7.37. The van der Waals surface area contributed by atoms with Crippen molar-refractivity contribution in [1.29, 1.82) is 0 Å². The van der Waals surface area contributed by atoms with Crippen LogP contribution in [-0.2, 0) is 0 Å². The van der Waals surface area contributed by atoms with Crippen molar-refractivity contribution in [3.8, 4) is 0 Å². The molecule has 0 saturated heterocycles. The van der Waals surface area contributed by atoms with E-state index in [0.29, 0.717) is 5.56 Å². The molecule has 0 aromatic heterocycles. The number of aryl methyl sites for hydroxylation is 1. The topological polar surface area (TPSA) is 61.4 Å². The molecule has 1 amide bonds. The summed E-state index contributed by atoms with van der Waals surface area (Å²) in [4.78, 5) is 12.2. The number of para-hydroxylation sites is 1. The van der Waals surface area contributed by atoms with Crippen LogP contribution in [-0.4, -0.2) is 23.7 Å². The summed E-state index contributed by atoms with van der Waals surface area (Å²) in [6, 6.07) is 13.4. The maximum atomic E-state index is 12.2. The number of anilines is 2. The van der Waals surface area contributed by atoms with E-state index in [-0.39, 0.29) is 12.5 Å². The summed E-state index contributed by atoms with van der Waals surface area (Å²) in [5.41, 5.74) is 4.64. The van der Waals surface area contributed by atoms with Crippen molar-refractivity contribution in [2.45, 2.75) is 26.9 Å². The van der Waals surface area contributed by atoms with Gasteiger partial charge in [0.05, 0.1) is 17.4 Å². The molecule has 0 spiro atoms. The Morgan fingerprint density at radius 3 is 2.50 bits per heavy atom. The monoisotopic (exact) mass is 298 g/mol. The zero-order valence-corrected chi connectivity index (χ0v) is 13.2. The van der Waals surface area contributed by atoms with Crippen LogP contribution in [0.4, 0.5) is 11.4 Å². The SMILES string of the molecule is Cc1cccc(Nc2ccccc2C(=O)NC[C@H](C)O)c1C. The van der Waals surface area contributed by atoms with Gasteiger partial charge < -0.3 is 15.7 Å². The zero-order chi connectivity index (χ0) is 16.1. The van der Waals surface area contributed by atoms with Crippen molar-refractivity contribution in [3.63, 3.8) is 0 Å². The molecule has 116 valence electrons. The maximum Gasteiger partial charge on any atom is 0.253 e. The van der Waals surface area contributed by atoms with Crippen molar-refractivity contribution >= 4 is 17.3 Å². The zero-order valence-electron chi connectivity index (χ0n) is 13.2. The maximum absolute atomic E-state index is 12.2. The van der Waals surface area contributed by atoms with Gasteiger partial charge in [0, 0.05) is 12.2 Å². The van der Waals surface area contributed by atoms with Gasteiger partial charge in [-0.05, 0) is 50.1 Å². The molecule has 0 aliphatic rings. The molecule has 0 heterocycles. The Bertz CT molecular complexity index is 666. The van der Waals surface area contributed by atoms with Gasteiger partial charge in [-0.2, -0.15) is 0 Å². The first-order chi connectivity index (χ1) is 10.5. The van der Waals surface area contributed by atoms with Gasteiger partial charge in [0.1, 0.15) is 0 Å². The smallest absolute Gasteiger partial charge is 0.253 e. The Hall–Kier alpha value is -2.33. The van der Waals surface area contributed by atoms with Crippen molar-refractivity contribution in [2.75, 3.05) is 11.9 Å². The molecule has 0 fully saturated rings. The summed E-state index contributed by atoms with van der Waals surface area (Å²) < 4.78 is 0. The lowest BCUT2D eigenvalue weighted by Gasteiger charge is -2.15. The Labute approximate surface area is 131 Å². The third-order valence-electron chi connectivity index (χ3n) is 3.60. The minimum Gasteiger partial charge on any atom is -0.392 e. The van der Waals surface area contributed by atoms with E-state index in [4.69, 9.17) is 0 Å². The third-order valence-corrected chi connectivity index (χ3v) is 3.60. The second-order valence-corrected chi connectivity index (χ2v) is 5.48. The van der Waals surface area contributed by atoms with Gasteiger partial charge in [0.15, 0.2) is 0 Å². The van der Waals surface area contributed by atoms with E-state index in [1.807, 2.05) is 37.3 Å². The highest BCUT2D eigenvalue weighted by molar-refractivity contribution is 6.00. The van der Waals surface area contributed by atoms with Gasteiger partial charge >= 0.3 is 0 Å². The summed E-state index contributed by atoms with van der Waals surface area (Å²) in [7, 11) is 0. The van der Waals surface area contributed by atoms with Crippen molar-refractivity contribution in [3.05, 3.63) is 59.2 Å². The molecule has 2 rings (SSSR count). The first-order valence-electron chi connectivity index (χ1n) is 7.37. The molecular weight excluding hydrogens is 276 g/mol. The van der Waals surface area contributed by atoms with E-state index in [1.165, 1.54) is 5.56 Å². The molecule has 22 heavy (non-hydrogen) atoms. The van der Waals surface area contributed by atoms with Crippen LogP contribution in [0.2, 0.25) is 0 Å². The van der Waals surface area contributed by atoms with Crippen LogP contribution in [0.15, 0.2) is 42.5 Å². The van der Waals surface area contributed by atoms with Crippen LogP contribution in [0.5, 0.6) is 0 Å². The van der Waals surface area contributed by atoms with Crippen molar-refractivity contribution < 1.29 is 9.90 Å². The molecule has 1 atom stereocenters. The van der Waals surface area contributed by atoms with Gasteiger partial charge in [-0.3, -0.25) is 4.79 Å². The van der Waals surface area contributed by atoms with E-state index < -0.39 is 6.10 Å². The molecule has 2 aromatic rings. The summed E-state index contributed by atoms with van der Waals surface area (Å²) >= 11 is 0. The standard InChI is InChI=1S/C18H22N2O2/c1-12-7-6-10-16(14(12)3)20-17-9-5-4-8-15(17)18(22)19-11-13(2)21/h4-10,13,20-21H,11H2,1-3H3,(H,19,22)/t13-/m0/s1. The van der Waals surface area contributed by atoms with E-state index in [9.17, 15) is 9.90 Å². The summed E-state index contributed by atoms with van der Waals surface area (Å²) in [6.45, 7) is 5.98. The van der Waals surface area contributed by atoms with Crippen LogP contribution < -0.4 is 10.6 Å². The van der Waals surface area contributed by atoms with Crippen LogP contribution in [0.25, 0.3) is 0 Å². The lowest BCUT2D eigenvalue weighted by atomic mass is 10.1. The van der Waals surface area contributed by atoms with E-state index in [1.54, 1.807) is 13.0 Å². The van der Waals surface area contributed by atoms with Crippen molar-refractivity contribution in [2.24, 2.45) is 0 Å². The van der Waals surface area contributed by atoms with E-state index in [2.05, 4.69) is 23.6 Å². The minimum atomic E-state index is -0.567. The molecule has 4 heteroatoms. The molecule has 2 aromatic carbocycles. The fourth-order valence-electron chi connectivity index (χ4n) is 2.16. The molecule has 4 nitrogen and oxygen atoms in total. The summed E-state index contributed by atoms with van der Waals surface area (Å²) in [5, 5.41) is 15.3.